The Balaban J connectivity index is 2.05. The molecule has 0 unspecified atom stereocenters. The Labute approximate surface area is 117 Å². The van der Waals surface area contributed by atoms with Gasteiger partial charge in [0.25, 0.3) is 0 Å². The highest BCUT2D eigenvalue weighted by atomic mass is 35.5. The summed E-state index contributed by atoms with van der Waals surface area (Å²) in [6.07, 6.45) is 0. The van der Waals surface area contributed by atoms with Gasteiger partial charge in [-0.15, -0.1) is 0 Å². The summed E-state index contributed by atoms with van der Waals surface area (Å²) < 4.78 is 18.2. The van der Waals surface area contributed by atoms with E-state index >= 15 is 0 Å². The molecule has 0 atom stereocenters. The van der Waals surface area contributed by atoms with E-state index < -0.39 is 0 Å². The average molecular weight is 280 g/mol. The fourth-order valence-corrected chi connectivity index (χ4v) is 2.00. The molecule has 0 radical (unpaired) electrons. The standard InChI is InChI=1S/C15H15ClFNO/c1-19-10-11-3-2-4-14(7-11)18-9-12-8-13(17)5-6-15(12)16/h2-8,18H,9-10H2,1H3. The second-order valence-electron chi connectivity index (χ2n) is 4.22. The molecule has 100 valence electrons. The van der Waals surface area contributed by atoms with Crippen LogP contribution >= 0.6 is 11.6 Å². The number of nitrogens with one attached hydrogen (secondary N) is 1. The molecular weight excluding hydrogens is 265 g/mol. The van der Waals surface area contributed by atoms with Gasteiger partial charge in [0.1, 0.15) is 5.82 Å². The van der Waals surface area contributed by atoms with Crippen LogP contribution in [0.25, 0.3) is 0 Å². The molecule has 0 heterocycles. The third-order valence-electron chi connectivity index (χ3n) is 2.73. The molecule has 0 spiro atoms. The van der Waals surface area contributed by atoms with Gasteiger partial charge in [-0.2, -0.15) is 0 Å². The van der Waals surface area contributed by atoms with Gasteiger partial charge in [-0.25, -0.2) is 4.39 Å². The van der Waals surface area contributed by atoms with E-state index in [0.717, 1.165) is 16.8 Å². The number of hydrogen-bond acceptors (Lipinski definition) is 2. The summed E-state index contributed by atoms with van der Waals surface area (Å²) in [7, 11) is 1.66. The van der Waals surface area contributed by atoms with Gasteiger partial charge in [-0.1, -0.05) is 23.7 Å². The molecule has 19 heavy (non-hydrogen) atoms. The van der Waals surface area contributed by atoms with Crippen LogP contribution in [-0.2, 0) is 17.9 Å². The molecule has 1 N–H and O–H groups in total. The molecule has 0 amide bonds. The molecule has 2 aromatic rings. The van der Waals surface area contributed by atoms with Gasteiger partial charge in [-0.05, 0) is 41.5 Å². The van der Waals surface area contributed by atoms with E-state index in [-0.39, 0.29) is 5.82 Å². The van der Waals surface area contributed by atoms with Gasteiger partial charge in [0.2, 0.25) is 0 Å². The topological polar surface area (TPSA) is 21.3 Å². The van der Waals surface area contributed by atoms with Crippen molar-refractivity contribution in [2.45, 2.75) is 13.2 Å². The zero-order chi connectivity index (χ0) is 13.7. The third-order valence-corrected chi connectivity index (χ3v) is 3.10. The zero-order valence-corrected chi connectivity index (χ0v) is 11.4. The average Bonchev–Trinajstić information content (AvgIpc) is 2.41. The molecule has 0 bridgehead atoms. The lowest BCUT2D eigenvalue weighted by Crippen LogP contribution is -2.01. The minimum absolute atomic E-state index is 0.283. The quantitative estimate of drug-likeness (QED) is 0.884. The Morgan fingerprint density at radius 1 is 1.21 bits per heavy atom. The van der Waals surface area contributed by atoms with Crippen LogP contribution < -0.4 is 5.32 Å². The van der Waals surface area contributed by atoms with Gasteiger partial charge in [0.05, 0.1) is 6.61 Å². The molecule has 0 aromatic heterocycles. The molecule has 4 heteroatoms. The first-order valence-corrected chi connectivity index (χ1v) is 6.32. The largest absolute Gasteiger partial charge is 0.381 e. The van der Waals surface area contributed by atoms with E-state index in [0.29, 0.717) is 18.2 Å². The summed E-state index contributed by atoms with van der Waals surface area (Å²) in [4.78, 5) is 0. The van der Waals surface area contributed by atoms with Crippen molar-refractivity contribution >= 4 is 17.3 Å². The van der Waals surface area contributed by atoms with Crippen molar-refractivity contribution in [3.63, 3.8) is 0 Å². The zero-order valence-electron chi connectivity index (χ0n) is 10.6. The summed E-state index contributed by atoms with van der Waals surface area (Å²) in [5.41, 5.74) is 2.77. The van der Waals surface area contributed by atoms with Crippen LogP contribution in [-0.4, -0.2) is 7.11 Å². The fourth-order valence-electron chi connectivity index (χ4n) is 1.81. The number of benzene rings is 2. The summed E-state index contributed by atoms with van der Waals surface area (Å²) in [6.45, 7) is 1.04. The highest BCUT2D eigenvalue weighted by Gasteiger charge is 2.02. The Bertz CT molecular complexity index is 560. The minimum atomic E-state index is -0.283. The van der Waals surface area contributed by atoms with Gasteiger partial charge in [0.15, 0.2) is 0 Å². The minimum Gasteiger partial charge on any atom is -0.381 e. The normalized spacial score (nSPS) is 10.5. The maximum Gasteiger partial charge on any atom is 0.123 e. The first kappa shape index (κ1) is 13.8. The van der Waals surface area contributed by atoms with Crippen molar-refractivity contribution < 1.29 is 9.13 Å². The predicted octanol–water partition coefficient (Wildman–Crippen LogP) is 4.24. The number of anilines is 1. The maximum atomic E-state index is 13.1. The van der Waals surface area contributed by atoms with Crippen molar-refractivity contribution in [1.29, 1.82) is 0 Å². The Morgan fingerprint density at radius 2 is 2.05 bits per heavy atom. The predicted molar refractivity (Wildman–Crippen MR) is 75.9 cm³/mol. The van der Waals surface area contributed by atoms with Gasteiger partial charge >= 0.3 is 0 Å². The molecule has 2 nitrogen and oxygen atoms in total. The second-order valence-corrected chi connectivity index (χ2v) is 4.63. The van der Waals surface area contributed by atoms with E-state index in [1.165, 1.54) is 12.1 Å². The number of methoxy groups -OCH3 is 1. The van der Waals surface area contributed by atoms with Crippen LogP contribution in [0.15, 0.2) is 42.5 Å². The van der Waals surface area contributed by atoms with Crippen LogP contribution in [0.4, 0.5) is 10.1 Å². The highest BCUT2D eigenvalue weighted by molar-refractivity contribution is 6.31. The summed E-state index contributed by atoms with van der Waals surface area (Å²) in [5.74, 6) is -0.283. The third kappa shape index (κ3) is 3.94. The molecule has 0 fully saturated rings. The van der Waals surface area contributed by atoms with Crippen LogP contribution in [0.2, 0.25) is 5.02 Å². The monoisotopic (exact) mass is 279 g/mol. The Hall–Kier alpha value is -1.58. The van der Waals surface area contributed by atoms with Gasteiger partial charge < -0.3 is 10.1 Å². The molecule has 2 rings (SSSR count). The van der Waals surface area contributed by atoms with Crippen molar-refractivity contribution in [1.82, 2.24) is 0 Å². The molecule has 0 aliphatic rings. The molecule has 2 aromatic carbocycles. The lowest BCUT2D eigenvalue weighted by atomic mass is 10.2. The van der Waals surface area contributed by atoms with E-state index in [9.17, 15) is 4.39 Å². The Kier molecular flexibility index (Phi) is 4.77. The van der Waals surface area contributed by atoms with E-state index in [1.54, 1.807) is 13.2 Å². The molecule has 0 aliphatic heterocycles. The smallest absolute Gasteiger partial charge is 0.123 e. The number of ether oxygens (including phenoxy) is 1. The SMILES string of the molecule is COCc1cccc(NCc2cc(F)ccc2Cl)c1. The second kappa shape index (κ2) is 6.55. The van der Waals surface area contributed by atoms with Crippen molar-refractivity contribution in [2.24, 2.45) is 0 Å². The molecular formula is C15H15ClFNO. The Morgan fingerprint density at radius 3 is 2.84 bits per heavy atom. The summed E-state index contributed by atoms with van der Waals surface area (Å²) in [5, 5.41) is 3.78. The fraction of sp³-hybridized carbons (Fsp3) is 0.200. The maximum absolute atomic E-state index is 13.1. The van der Waals surface area contributed by atoms with Crippen molar-refractivity contribution in [3.8, 4) is 0 Å². The lowest BCUT2D eigenvalue weighted by molar-refractivity contribution is 0.185. The van der Waals surface area contributed by atoms with Gasteiger partial charge in [0, 0.05) is 24.4 Å². The first-order valence-electron chi connectivity index (χ1n) is 5.94. The molecule has 0 saturated carbocycles. The van der Waals surface area contributed by atoms with Crippen LogP contribution in [0, 0.1) is 5.82 Å². The summed E-state index contributed by atoms with van der Waals surface area (Å²) >= 11 is 6.02. The van der Waals surface area contributed by atoms with Gasteiger partial charge in [-0.3, -0.25) is 0 Å². The number of rotatable bonds is 5. The van der Waals surface area contributed by atoms with Crippen molar-refractivity contribution in [3.05, 3.63) is 64.4 Å². The van der Waals surface area contributed by atoms with E-state index in [1.807, 2.05) is 24.3 Å². The molecule has 0 aliphatic carbocycles. The van der Waals surface area contributed by atoms with Crippen LogP contribution in [0.3, 0.4) is 0 Å². The van der Waals surface area contributed by atoms with E-state index in [4.69, 9.17) is 16.3 Å². The van der Waals surface area contributed by atoms with E-state index in [2.05, 4.69) is 5.32 Å². The first-order chi connectivity index (χ1) is 9.19. The van der Waals surface area contributed by atoms with Crippen LogP contribution in [0.5, 0.6) is 0 Å². The lowest BCUT2D eigenvalue weighted by Gasteiger charge is -2.09. The summed E-state index contributed by atoms with van der Waals surface area (Å²) in [6, 6.07) is 12.2. The number of hydrogen-bond donors (Lipinski definition) is 1. The number of halogens is 2. The van der Waals surface area contributed by atoms with Crippen molar-refractivity contribution in [2.75, 3.05) is 12.4 Å². The van der Waals surface area contributed by atoms with Crippen LogP contribution in [0.1, 0.15) is 11.1 Å². The highest BCUT2D eigenvalue weighted by Crippen LogP contribution is 2.19. The molecule has 0 saturated heterocycles.